The second kappa shape index (κ2) is 6.79. The highest BCUT2D eigenvalue weighted by molar-refractivity contribution is 7.15. The molecule has 7 heteroatoms. The molecule has 0 unspecified atom stereocenters. The van der Waals surface area contributed by atoms with E-state index in [0.717, 1.165) is 11.3 Å². The first-order valence-corrected chi connectivity index (χ1v) is 9.36. The lowest BCUT2D eigenvalue weighted by molar-refractivity contribution is -0.116. The highest BCUT2D eigenvalue weighted by Gasteiger charge is 2.36. The van der Waals surface area contributed by atoms with Gasteiger partial charge in [0.15, 0.2) is 0 Å². The van der Waals surface area contributed by atoms with E-state index in [2.05, 4.69) is 5.32 Å². The number of anilines is 1. The molecule has 0 aliphatic carbocycles. The summed E-state index contributed by atoms with van der Waals surface area (Å²) in [4.78, 5) is 24.9. The Labute approximate surface area is 163 Å². The van der Waals surface area contributed by atoms with E-state index in [4.69, 9.17) is 11.6 Å². The number of hydrogen-bond donors (Lipinski definition) is 2. The number of rotatable bonds is 3. The Hall–Kier alpha value is -2.70. The number of fused-ring (bicyclic) bond motifs is 1. The fourth-order valence-electron chi connectivity index (χ4n) is 3.39. The predicted molar refractivity (Wildman–Crippen MR) is 103 cm³/mol. The number of benzene rings is 2. The van der Waals surface area contributed by atoms with Crippen molar-refractivity contribution in [3.63, 3.8) is 0 Å². The Kier molecular flexibility index (Phi) is 4.45. The van der Waals surface area contributed by atoms with Crippen molar-refractivity contribution in [2.75, 3.05) is 5.32 Å². The molecule has 1 aliphatic rings. The van der Waals surface area contributed by atoms with Crippen molar-refractivity contribution in [2.45, 2.75) is 12.3 Å². The molecular formula is C20H13ClFNO3S. The van der Waals surface area contributed by atoms with Crippen LogP contribution in [0, 0.1) is 5.82 Å². The number of nitrogens with one attached hydrogen (secondary N) is 1. The molecule has 3 aromatic rings. The Morgan fingerprint density at radius 2 is 1.93 bits per heavy atom. The van der Waals surface area contributed by atoms with E-state index in [1.165, 1.54) is 12.1 Å². The maximum absolute atomic E-state index is 14.5. The maximum Gasteiger partial charge on any atom is 0.346 e. The van der Waals surface area contributed by atoms with Crippen molar-refractivity contribution in [3.8, 4) is 11.1 Å². The second-order valence-corrected chi connectivity index (χ2v) is 7.62. The average Bonchev–Trinajstić information content (AvgIpc) is 3.02. The third-order valence-electron chi connectivity index (χ3n) is 4.51. The summed E-state index contributed by atoms with van der Waals surface area (Å²) >= 11 is 7.27. The van der Waals surface area contributed by atoms with Gasteiger partial charge in [0.05, 0.1) is 5.69 Å². The number of carboxylic acid groups (broad SMARTS) is 1. The van der Waals surface area contributed by atoms with Crippen LogP contribution >= 0.6 is 22.9 Å². The zero-order valence-electron chi connectivity index (χ0n) is 13.8. The summed E-state index contributed by atoms with van der Waals surface area (Å²) in [5.74, 6) is -2.55. The number of halogens is 2. The van der Waals surface area contributed by atoms with Crippen molar-refractivity contribution < 1.29 is 19.1 Å². The minimum Gasteiger partial charge on any atom is -0.477 e. The van der Waals surface area contributed by atoms with Crippen molar-refractivity contribution in [1.82, 2.24) is 0 Å². The van der Waals surface area contributed by atoms with E-state index in [1.54, 1.807) is 30.3 Å². The molecule has 0 fully saturated rings. The molecule has 1 amide bonds. The normalized spacial score (nSPS) is 15.9. The molecule has 0 saturated heterocycles. The van der Waals surface area contributed by atoms with Gasteiger partial charge in [0.1, 0.15) is 10.7 Å². The number of carboxylic acids is 1. The van der Waals surface area contributed by atoms with E-state index in [9.17, 15) is 19.1 Å². The predicted octanol–water partition coefficient (Wildman–Crippen LogP) is 5.38. The van der Waals surface area contributed by atoms with Crippen LogP contribution in [0.15, 0.2) is 48.5 Å². The number of hydrogen-bond acceptors (Lipinski definition) is 3. The fraction of sp³-hybridized carbons (Fsp3) is 0.100. The molecule has 0 radical (unpaired) electrons. The monoisotopic (exact) mass is 401 g/mol. The average molecular weight is 402 g/mol. The van der Waals surface area contributed by atoms with Crippen LogP contribution in [0.5, 0.6) is 0 Å². The summed E-state index contributed by atoms with van der Waals surface area (Å²) in [5, 5.41) is 12.7. The van der Waals surface area contributed by atoms with E-state index in [0.29, 0.717) is 21.7 Å². The number of carbonyl (C=O) groups excluding carboxylic acids is 1. The lowest BCUT2D eigenvalue weighted by atomic mass is 9.88. The van der Waals surface area contributed by atoms with Crippen LogP contribution in [0.2, 0.25) is 5.02 Å². The van der Waals surface area contributed by atoms with E-state index in [-0.39, 0.29) is 27.8 Å². The van der Waals surface area contributed by atoms with Crippen LogP contribution in [-0.4, -0.2) is 17.0 Å². The Morgan fingerprint density at radius 3 is 2.59 bits per heavy atom. The lowest BCUT2D eigenvalue weighted by Gasteiger charge is -2.24. The van der Waals surface area contributed by atoms with Crippen LogP contribution in [0.1, 0.15) is 32.5 Å². The van der Waals surface area contributed by atoms with Gasteiger partial charge >= 0.3 is 5.97 Å². The number of aromatic carboxylic acids is 1. The molecule has 0 saturated carbocycles. The summed E-state index contributed by atoms with van der Waals surface area (Å²) < 4.78 is 14.5. The van der Waals surface area contributed by atoms with Gasteiger partial charge < -0.3 is 10.4 Å². The number of carbonyl (C=O) groups is 2. The lowest BCUT2D eigenvalue weighted by Crippen LogP contribution is -2.23. The van der Waals surface area contributed by atoms with Crippen LogP contribution in [0.25, 0.3) is 11.1 Å². The molecule has 1 atom stereocenters. The van der Waals surface area contributed by atoms with Gasteiger partial charge in [-0.25, -0.2) is 9.18 Å². The molecular weight excluding hydrogens is 389 g/mol. The molecule has 27 heavy (non-hydrogen) atoms. The fourth-order valence-corrected chi connectivity index (χ4v) is 4.92. The van der Waals surface area contributed by atoms with Gasteiger partial charge in [-0.1, -0.05) is 48.0 Å². The highest BCUT2D eigenvalue weighted by atomic mass is 35.5. The zero-order valence-corrected chi connectivity index (χ0v) is 15.4. The topological polar surface area (TPSA) is 66.4 Å². The first-order chi connectivity index (χ1) is 13.0. The maximum atomic E-state index is 14.5. The molecule has 1 aromatic heterocycles. The Balaban J connectivity index is 1.99. The van der Waals surface area contributed by atoms with Gasteiger partial charge in [0, 0.05) is 33.4 Å². The van der Waals surface area contributed by atoms with Crippen molar-refractivity contribution in [1.29, 1.82) is 0 Å². The highest BCUT2D eigenvalue weighted by Crippen LogP contribution is 2.50. The molecule has 136 valence electrons. The van der Waals surface area contributed by atoms with E-state index < -0.39 is 17.7 Å². The quantitative estimate of drug-likeness (QED) is 0.619. The molecule has 0 bridgehead atoms. The van der Waals surface area contributed by atoms with Crippen LogP contribution in [-0.2, 0) is 4.79 Å². The molecule has 1 aliphatic heterocycles. The second-order valence-electron chi connectivity index (χ2n) is 6.16. The molecule has 2 heterocycles. The number of amides is 1. The van der Waals surface area contributed by atoms with Gasteiger partial charge in [-0.05, 0) is 17.7 Å². The van der Waals surface area contributed by atoms with Gasteiger partial charge in [0.2, 0.25) is 5.91 Å². The standard InChI is InChI=1S/C20H13ClFNO3S/c21-12-7-4-8-13(22)16(12)11-9-14(24)23-17-15(10-5-2-1-3-6-10)19(20(25)26)27-18(11)17/h1-8,11H,9H2,(H,23,24)(H,25,26)/t11-/m1/s1. The van der Waals surface area contributed by atoms with Crippen molar-refractivity contribution >= 4 is 40.5 Å². The van der Waals surface area contributed by atoms with E-state index >= 15 is 0 Å². The summed E-state index contributed by atoms with van der Waals surface area (Å²) in [6, 6.07) is 13.3. The SMILES string of the molecule is O=C1C[C@H](c2c(F)cccc2Cl)c2sc(C(=O)O)c(-c3ccccc3)c2N1. The molecule has 0 spiro atoms. The van der Waals surface area contributed by atoms with Crippen LogP contribution < -0.4 is 5.32 Å². The van der Waals surface area contributed by atoms with Crippen molar-refractivity contribution in [3.05, 3.63) is 74.7 Å². The Morgan fingerprint density at radius 1 is 1.19 bits per heavy atom. The van der Waals surface area contributed by atoms with Crippen LogP contribution in [0.3, 0.4) is 0 Å². The summed E-state index contributed by atoms with van der Waals surface area (Å²) in [7, 11) is 0. The van der Waals surface area contributed by atoms with E-state index in [1.807, 2.05) is 6.07 Å². The molecule has 2 aromatic carbocycles. The number of thiophene rings is 1. The third-order valence-corrected chi connectivity index (χ3v) is 6.13. The minimum atomic E-state index is -1.10. The Bertz CT molecular complexity index is 1040. The summed E-state index contributed by atoms with van der Waals surface area (Å²) in [6.45, 7) is 0. The minimum absolute atomic E-state index is 0.00144. The van der Waals surface area contributed by atoms with Gasteiger partial charge in [-0.3, -0.25) is 4.79 Å². The zero-order chi connectivity index (χ0) is 19.1. The summed E-state index contributed by atoms with van der Waals surface area (Å²) in [6.07, 6.45) is 0.00144. The molecule has 2 N–H and O–H groups in total. The molecule has 4 rings (SSSR count). The summed E-state index contributed by atoms with van der Waals surface area (Å²) in [5.41, 5.74) is 1.75. The largest absolute Gasteiger partial charge is 0.477 e. The van der Waals surface area contributed by atoms with Gasteiger partial charge in [-0.2, -0.15) is 0 Å². The van der Waals surface area contributed by atoms with Gasteiger partial charge in [0.25, 0.3) is 0 Å². The van der Waals surface area contributed by atoms with Crippen molar-refractivity contribution in [2.24, 2.45) is 0 Å². The third kappa shape index (κ3) is 3.01. The van der Waals surface area contributed by atoms with Gasteiger partial charge in [-0.15, -0.1) is 11.3 Å². The first-order valence-electron chi connectivity index (χ1n) is 8.16. The smallest absolute Gasteiger partial charge is 0.346 e. The first kappa shape index (κ1) is 17.7. The van der Waals surface area contributed by atoms with Crippen LogP contribution in [0.4, 0.5) is 10.1 Å². The molecule has 4 nitrogen and oxygen atoms in total.